The third kappa shape index (κ3) is 3.03. The van der Waals surface area contributed by atoms with Gasteiger partial charge in [-0.05, 0) is 30.5 Å². The standard InChI is InChI=1S/C22H21NO4/c24-21-17-8-9-20-18(12-23(14-27-20)11-16-7-4-10-25-16)22(17)26-13-19(21)15-5-2-1-3-6-15/h1-3,5-6,8-9,13,16H,4,7,10-12,14H2. The molecule has 2 aliphatic rings. The molecule has 0 radical (unpaired) electrons. The highest BCUT2D eigenvalue weighted by Gasteiger charge is 2.26. The van der Waals surface area contributed by atoms with Gasteiger partial charge in [0.2, 0.25) is 5.43 Å². The number of benzene rings is 2. The lowest BCUT2D eigenvalue weighted by atomic mass is 10.0. The summed E-state index contributed by atoms with van der Waals surface area (Å²) in [6.45, 7) is 2.91. The molecule has 0 amide bonds. The Morgan fingerprint density at radius 1 is 1.11 bits per heavy atom. The van der Waals surface area contributed by atoms with Crippen LogP contribution in [0.1, 0.15) is 18.4 Å². The fourth-order valence-corrected chi connectivity index (χ4v) is 3.97. The van der Waals surface area contributed by atoms with Crippen LogP contribution in [-0.4, -0.2) is 30.9 Å². The molecule has 0 N–H and O–H groups in total. The first-order valence-corrected chi connectivity index (χ1v) is 9.39. The smallest absolute Gasteiger partial charge is 0.200 e. The molecule has 0 aliphatic carbocycles. The van der Waals surface area contributed by atoms with Gasteiger partial charge in [0.15, 0.2) is 0 Å². The Hall–Kier alpha value is -2.63. The molecule has 5 nitrogen and oxygen atoms in total. The van der Waals surface area contributed by atoms with Gasteiger partial charge in [0.05, 0.1) is 22.6 Å². The minimum atomic E-state index is -0.0125. The molecule has 0 saturated carbocycles. The minimum absolute atomic E-state index is 0.0125. The van der Waals surface area contributed by atoms with E-state index in [9.17, 15) is 4.79 Å². The normalized spacial score (nSPS) is 19.8. The SMILES string of the molecule is O=c1c(-c2ccccc2)coc2c3c(ccc12)OCN(CC1CCCO1)C3. The van der Waals surface area contributed by atoms with Gasteiger partial charge in [0, 0.05) is 19.7 Å². The Bertz CT molecular complexity index is 1020. The zero-order chi connectivity index (χ0) is 18.2. The highest BCUT2D eigenvalue weighted by molar-refractivity contribution is 5.85. The maximum Gasteiger partial charge on any atom is 0.200 e. The largest absolute Gasteiger partial charge is 0.478 e. The molecule has 1 aromatic heterocycles. The second-order valence-electron chi connectivity index (χ2n) is 7.18. The number of ether oxygens (including phenoxy) is 2. The van der Waals surface area contributed by atoms with Crippen LogP contribution in [0.4, 0.5) is 0 Å². The molecule has 0 spiro atoms. The Labute approximate surface area is 157 Å². The summed E-state index contributed by atoms with van der Waals surface area (Å²) in [7, 11) is 0. The van der Waals surface area contributed by atoms with Crippen LogP contribution in [0.25, 0.3) is 22.1 Å². The summed E-state index contributed by atoms with van der Waals surface area (Å²) in [5, 5.41) is 0.595. The van der Waals surface area contributed by atoms with Gasteiger partial charge in [-0.25, -0.2) is 0 Å². The lowest BCUT2D eigenvalue weighted by molar-refractivity contribution is 0.0281. The summed E-state index contributed by atoms with van der Waals surface area (Å²) in [5.74, 6) is 0.793. The maximum absolute atomic E-state index is 13.0. The van der Waals surface area contributed by atoms with Crippen molar-refractivity contribution in [3.05, 3.63) is 64.5 Å². The zero-order valence-corrected chi connectivity index (χ0v) is 15.0. The summed E-state index contributed by atoms with van der Waals surface area (Å²) >= 11 is 0. The number of rotatable bonds is 3. The van der Waals surface area contributed by atoms with Crippen LogP contribution >= 0.6 is 0 Å². The molecule has 3 heterocycles. The molecule has 1 saturated heterocycles. The average molecular weight is 363 g/mol. The molecule has 5 heteroatoms. The fourth-order valence-electron chi connectivity index (χ4n) is 3.97. The van der Waals surface area contributed by atoms with Crippen LogP contribution in [0.3, 0.4) is 0 Å². The summed E-state index contributed by atoms with van der Waals surface area (Å²) < 4.78 is 17.6. The average Bonchev–Trinajstić information content (AvgIpc) is 3.22. The number of nitrogens with zero attached hydrogens (tertiary/aromatic N) is 1. The first-order chi connectivity index (χ1) is 13.3. The predicted octanol–water partition coefficient (Wildman–Crippen LogP) is 3.79. The van der Waals surface area contributed by atoms with E-state index in [-0.39, 0.29) is 11.5 Å². The lowest BCUT2D eigenvalue weighted by Crippen LogP contribution is -2.37. The van der Waals surface area contributed by atoms with Gasteiger partial charge in [0.25, 0.3) is 0 Å². The molecule has 1 atom stereocenters. The third-order valence-corrected chi connectivity index (χ3v) is 5.36. The van der Waals surface area contributed by atoms with Gasteiger partial charge in [0.1, 0.15) is 24.3 Å². The molecule has 138 valence electrons. The van der Waals surface area contributed by atoms with E-state index >= 15 is 0 Å². The van der Waals surface area contributed by atoms with Crippen LogP contribution < -0.4 is 10.2 Å². The molecule has 1 unspecified atom stereocenters. The Morgan fingerprint density at radius 2 is 2.00 bits per heavy atom. The molecule has 3 aromatic rings. The van der Waals surface area contributed by atoms with Crippen molar-refractivity contribution in [2.45, 2.75) is 25.5 Å². The van der Waals surface area contributed by atoms with E-state index in [4.69, 9.17) is 13.9 Å². The molecule has 1 fully saturated rings. The van der Waals surface area contributed by atoms with Gasteiger partial charge >= 0.3 is 0 Å². The molecule has 0 bridgehead atoms. The van der Waals surface area contributed by atoms with Gasteiger partial charge < -0.3 is 13.9 Å². The van der Waals surface area contributed by atoms with Crippen molar-refractivity contribution in [2.24, 2.45) is 0 Å². The lowest BCUT2D eigenvalue weighted by Gasteiger charge is -2.30. The van der Waals surface area contributed by atoms with Crippen LogP contribution in [-0.2, 0) is 11.3 Å². The van der Waals surface area contributed by atoms with Crippen molar-refractivity contribution < 1.29 is 13.9 Å². The molecular weight excluding hydrogens is 342 g/mol. The topological polar surface area (TPSA) is 51.9 Å². The van der Waals surface area contributed by atoms with Crippen LogP contribution in [0, 0.1) is 0 Å². The summed E-state index contributed by atoms with van der Waals surface area (Å²) in [6.07, 6.45) is 4.05. The highest BCUT2D eigenvalue weighted by atomic mass is 16.5. The Morgan fingerprint density at radius 3 is 2.81 bits per heavy atom. The van der Waals surface area contributed by atoms with E-state index in [2.05, 4.69) is 4.90 Å². The molecule has 2 aliphatic heterocycles. The monoisotopic (exact) mass is 363 g/mol. The van der Waals surface area contributed by atoms with Gasteiger partial charge in [-0.15, -0.1) is 0 Å². The van der Waals surface area contributed by atoms with Crippen molar-refractivity contribution in [3.63, 3.8) is 0 Å². The van der Waals surface area contributed by atoms with Crippen LogP contribution in [0.5, 0.6) is 5.75 Å². The predicted molar refractivity (Wildman–Crippen MR) is 103 cm³/mol. The van der Waals surface area contributed by atoms with E-state index in [0.717, 1.165) is 42.9 Å². The molecule has 5 rings (SSSR count). The van der Waals surface area contributed by atoms with E-state index in [1.165, 1.54) is 0 Å². The fraction of sp³-hybridized carbons (Fsp3) is 0.318. The quantitative estimate of drug-likeness (QED) is 0.709. The number of hydrogen-bond acceptors (Lipinski definition) is 5. The van der Waals surface area contributed by atoms with E-state index in [1.54, 1.807) is 6.26 Å². The van der Waals surface area contributed by atoms with Crippen molar-refractivity contribution >= 4 is 11.0 Å². The van der Waals surface area contributed by atoms with Crippen LogP contribution in [0.2, 0.25) is 0 Å². The Balaban J connectivity index is 1.52. The van der Waals surface area contributed by atoms with Crippen molar-refractivity contribution in [1.82, 2.24) is 4.90 Å². The van der Waals surface area contributed by atoms with Gasteiger partial charge in [-0.2, -0.15) is 0 Å². The van der Waals surface area contributed by atoms with Crippen molar-refractivity contribution in [1.29, 1.82) is 0 Å². The summed E-state index contributed by atoms with van der Waals surface area (Å²) in [5.41, 5.74) is 2.99. The third-order valence-electron chi connectivity index (χ3n) is 5.36. The highest BCUT2D eigenvalue weighted by Crippen LogP contribution is 2.32. The zero-order valence-electron chi connectivity index (χ0n) is 15.0. The first kappa shape index (κ1) is 16.5. The van der Waals surface area contributed by atoms with E-state index < -0.39 is 0 Å². The second kappa shape index (κ2) is 6.83. The maximum atomic E-state index is 13.0. The second-order valence-corrected chi connectivity index (χ2v) is 7.18. The van der Waals surface area contributed by atoms with E-state index in [0.29, 0.717) is 29.8 Å². The molecule has 27 heavy (non-hydrogen) atoms. The molecule has 2 aromatic carbocycles. The van der Waals surface area contributed by atoms with E-state index in [1.807, 2.05) is 42.5 Å². The van der Waals surface area contributed by atoms with Gasteiger partial charge in [-0.1, -0.05) is 30.3 Å². The van der Waals surface area contributed by atoms with Crippen molar-refractivity contribution in [3.8, 4) is 16.9 Å². The minimum Gasteiger partial charge on any atom is -0.478 e. The summed E-state index contributed by atoms with van der Waals surface area (Å²) in [6, 6.07) is 13.3. The van der Waals surface area contributed by atoms with Crippen molar-refractivity contribution in [2.75, 3.05) is 19.9 Å². The number of fused-ring (bicyclic) bond motifs is 3. The van der Waals surface area contributed by atoms with Crippen LogP contribution in [0.15, 0.2) is 57.9 Å². The number of hydrogen-bond donors (Lipinski definition) is 0. The Kier molecular flexibility index (Phi) is 4.19. The summed E-state index contributed by atoms with van der Waals surface area (Å²) in [4.78, 5) is 15.3. The first-order valence-electron chi connectivity index (χ1n) is 9.39. The van der Waals surface area contributed by atoms with Gasteiger partial charge in [-0.3, -0.25) is 9.69 Å². The molecular formula is C22H21NO4.